The molecule has 0 aliphatic heterocycles. The maximum Gasteiger partial charge on any atom is 0.359 e. The molecule has 1 fully saturated rings. The number of carbonyl (C=O) groups excluding carboxylic acids is 2. The molecule has 18 heteroatoms. The zero-order valence-corrected chi connectivity index (χ0v) is 33.2. The normalized spacial score (nSPS) is 20.6. The number of carbonyl (C=O) groups is 2. The van der Waals surface area contributed by atoms with Gasteiger partial charge in [0.05, 0.1) is 16.9 Å². The van der Waals surface area contributed by atoms with Gasteiger partial charge in [-0.2, -0.15) is 0 Å². The van der Waals surface area contributed by atoms with Gasteiger partial charge in [-0.15, -0.1) is 0 Å². The van der Waals surface area contributed by atoms with Crippen molar-refractivity contribution in [3.05, 3.63) is 56.4 Å². The molecule has 5 atom stereocenters. The zero-order chi connectivity index (χ0) is 38.7. The first-order valence-corrected chi connectivity index (χ1v) is 19.4. The number of methoxy groups -OCH3 is 1. The molecule has 0 saturated heterocycles. The number of ether oxygens (including phenoxy) is 3. The Balaban J connectivity index is 2.59. The van der Waals surface area contributed by atoms with Gasteiger partial charge in [-0.3, -0.25) is 37.5 Å². The highest BCUT2D eigenvalue weighted by atomic mass is 31.2. The quantitative estimate of drug-likeness (QED) is 0.0642. The van der Waals surface area contributed by atoms with Gasteiger partial charge in [0.2, 0.25) is 20.1 Å². The van der Waals surface area contributed by atoms with Crippen molar-refractivity contribution in [1.82, 2.24) is 14.2 Å². The average Bonchev–Trinajstić information content (AvgIpc) is 3.35. The molecular formula is C33H54N4O12P2. The number of esters is 2. The molecule has 0 aromatic carbocycles. The van der Waals surface area contributed by atoms with Crippen LogP contribution >= 0.6 is 16.1 Å². The van der Waals surface area contributed by atoms with Gasteiger partial charge in [0.15, 0.2) is 0 Å². The van der Waals surface area contributed by atoms with Gasteiger partial charge in [-0.05, 0) is 75.7 Å². The van der Waals surface area contributed by atoms with E-state index in [0.717, 1.165) is 0 Å². The van der Waals surface area contributed by atoms with E-state index in [-0.39, 0.29) is 31.7 Å². The van der Waals surface area contributed by atoms with Crippen molar-refractivity contribution in [1.29, 1.82) is 0 Å². The number of aromatic amines is 1. The van der Waals surface area contributed by atoms with Crippen LogP contribution < -0.4 is 11.2 Å². The van der Waals surface area contributed by atoms with Gasteiger partial charge >= 0.3 is 25.2 Å². The molecule has 288 valence electrons. The van der Waals surface area contributed by atoms with Gasteiger partial charge in [0.25, 0.3) is 14.1 Å². The molecule has 1 heterocycles. The Bertz CT molecular complexity index is 1500. The van der Waals surface area contributed by atoms with Crippen LogP contribution in [0, 0.1) is 23.3 Å². The molecule has 16 nitrogen and oxygen atoms in total. The van der Waals surface area contributed by atoms with E-state index in [0.29, 0.717) is 0 Å². The fraction of sp³-hybridized carbons (Fsp3) is 0.727. The van der Waals surface area contributed by atoms with Crippen LogP contribution in [0.3, 0.4) is 0 Å². The second-order valence-electron chi connectivity index (χ2n) is 14.5. The van der Waals surface area contributed by atoms with Crippen LogP contribution in [-0.2, 0) is 46.5 Å². The minimum atomic E-state index is -4.27. The van der Waals surface area contributed by atoms with Gasteiger partial charge in [0, 0.05) is 43.2 Å². The van der Waals surface area contributed by atoms with Crippen molar-refractivity contribution in [3.8, 4) is 0 Å². The molecule has 0 amide bonds. The van der Waals surface area contributed by atoms with Crippen LogP contribution in [0.5, 0.6) is 0 Å². The third kappa shape index (κ3) is 13.3. The summed E-state index contributed by atoms with van der Waals surface area (Å²) in [5.74, 6) is -0.668. The average molecular weight is 761 g/mol. The summed E-state index contributed by atoms with van der Waals surface area (Å²) < 4.78 is 57.6. The van der Waals surface area contributed by atoms with Crippen LogP contribution in [0.1, 0.15) is 81.7 Å². The molecule has 1 aliphatic carbocycles. The molecule has 1 aromatic heterocycles. The van der Waals surface area contributed by atoms with Gasteiger partial charge in [-0.1, -0.05) is 6.08 Å². The van der Waals surface area contributed by atoms with E-state index in [1.807, 2.05) is 32.4 Å². The Labute approximate surface area is 301 Å². The van der Waals surface area contributed by atoms with E-state index < -0.39 is 87.9 Å². The maximum absolute atomic E-state index is 14.1. The number of aromatic nitrogens is 2. The highest BCUT2D eigenvalue weighted by Gasteiger charge is 2.48. The smallest absolute Gasteiger partial charge is 0.359 e. The molecule has 1 saturated carbocycles. The van der Waals surface area contributed by atoms with Crippen molar-refractivity contribution in [3.63, 3.8) is 0 Å². The number of H-pyrrole nitrogens is 1. The lowest BCUT2D eigenvalue weighted by atomic mass is 9.98. The lowest BCUT2D eigenvalue weighted by molar-refractivity contribution is -0.161. The Morgan fingerprint density at radius 3 is 2.04 bits per heavy atom. The van der Waals surface area contributed by atoms with Crippen molar-refractivity contribution < 1.29 is 46.5 Å². The van der Waals surface area contributed by atoms with Crippen LogP contribution in [0.4, 0.5) is 0 Å². The maximum atomic E-state index is 14.1. The molecule has 51 heavy (non-hydrogen) atoms. The second-order valence-corrected chi connectivity index (χ2v) is 17.8. The zero-order valence-electron chi connectivity index (χ0n) is 31.4. The first kappa shape index (κ1) is 44.4. The lowest BCUT2D eigenvalue weighted by Gasteiger charge is -2.38. The number of hydrogen-bond donors (Lipinski definition) is 1. The molecule has 1 aromatic rings. The third-order valence-corrected chi connectivity index (χ3v) is 11.2. The monoisotopic (exact) mass is 760 g/mol. The molecule has 1 aliphatic rings. The number of nitrogens with one attached hydrogen (secondary N) is 1. The van der Waals surface area contributed by atoms with E-state index in [1.54, 1.807) is 41.5 Å². The minimum Gasteiger partial charge on any atom is -0.438 e. The fourth-order valence-corrected chi connectivity index (χ4v) is 7.92. The summed E-state index contributed by atoms with van der Waals surface area (Å²) in [5.41, 5.74) is -2.94. The van der Waals surface area contributed by atoms with E-state index in [9.17, 15) is 23.7 Å². The van der Waals surface area contributed by atoms with Crippen molar-refractivity contribution >= 4 is 28.1 Å². The van der Waals surface area contributed by atoms with Crippen LogP contribution in [0.25, 0.3) is 4.85 Å². The summed E-state index contributed by atoms with van der Waals surface area (Å²) in [6.07, 6.45) is 1.51. The first-order valence-electron chi connectivity index (χ1n) is 16.6. The minimum absolute atomic E-state index is 0.0216. The van der Waals surface area contributed by atoms with Gasteiger partial charge in [-0.25, -0.2) is 16.0 Å². The topological polar surface area (TPSA) is 178 Å². The highest BCUT2D eigenvalue weighted by Crippen LogP contribution is 2.54. The summed E-state index contributed by atoms with van der Waals surface area (Å²) in [6.45, 7) is 23.8. The number of rotatable bonds is 18. The Morgan fingerprint density at radius 1 is 1.04 bits per heavy atom. The highest BCUT2D eigenvalue weighted by molar-refractivity contribution is 7.57. The predicted molar refractivity (Wildman–Crippen MR) is 190 cm³/mol. The lowest BCUT2D eigenvalue weighted by Crippen LogP contribution is -2.40. The van der Waals surface area contributed by atoms with Crippen LogP contribution in [-0.4, -0.2) is 84.3 Å². The first-order chi connectivity index (χ1) is 23.6. The largest absolute Gasteiger partial charge is 0.438 e. The molecular weight excluding hydrogens is 706 g/mol. The van der Waals surface area contributed by atoms with Gasteiger partial charge < -0.3 is 28.1 Å². The Morgan fingerprint density at radius 2 is 1.59 bits per heavy atom. The molecule has 0 spiro atoms. The third-order valence-electron chi connectivity index (χ3n) is 7.57. The van der Waals surface area contributed by atoms with E-state index >= 15 is 0 Å². The summed E-state index contributed by atoms with van der Waals surface area (Å²) in [6, 6.07) is 0.520. The Hall–Kier alpha value is -2.73. The van der Waals surface area contributed by atoms with Crippen LogP contribution in [0.15, 0.2) is 33.7 Å². The molecule has 2 rings (SSSR count). The summed E-state index contributed by atoms with van der Waals surface area (Å²) in [5, 5.41) is 0. The van der Waals surface area contributed by atoms with Crippen molar-refractivity contribution in [2.45, 2.75) is 106 Å². The standard InChI is InChI=1S/C33H54N4O12P2/c1-22(2)37(23(3)4)50(46-17-15-34-11)49-27-24(19-25(28(27)43-12)36-16-13-26(38)35-31(36)41)14-18-51(42,47-20-44-29(39)32(5,6)7)48-21-45-30(40)33(8,9)10/h13-14,16,18,22-25,27-28H,15,17,19-21H2,1-10,12H3,(H,35,38,41)/b18-14+/t24-,25+,27?,28+,50?/m0/s1. The van der Waals surface area contributed by atoms with Gasteiger partial charge in [0.1, 0.15) is 18.8 Å². The summed E-state index contributed by atoms with van der Waals surface area (Å²) >= 11 is 0. The van der Waals surface area contributed by atoms with E-state index in [2.05, 4.69) is 9.83 Å². The second kappa shape index (κ2) is 19.4. The van der Waals surface area contributed by atoms with Crippen molar-refractivity contribution in [2.24, 2.45) is 16.7 Å². The molecule has 1 N–H and O–H groups in total. The fourth-order valence-electron chi connectivity index (χ4n) is 5.06. The number of hydrogen-bond acceptors (Lipinski definition) is 13. The van der Waals surface area contributed by atoms with E-state index in [4.69, 9.17) is 38.9 Å². The van der Waals surface area contributed by atoms with Crippen molar-refractivity contribution in [2.75, 3.05) is 33.8 Å². The molecule has 0 radical (unpaired) electrons. The molecule has 0 bridgehead atoms. The Kier molecular flexibility index (Phi) is 16.9. The van der Waals surface area contributed by atoms with Crippen LogP contribution in [0.2, 0.25) is 0 Å². The van der Waals surface area contributed by atoms with E-state index in [1.165, 1.54) is 35.8 Å². The molecule has 2 unspecified atom stereocenters. The summed E-state index contributed by atoms with van der Waals surface area (Å²) in [4.78, 5) is 55.3. The SMILES string of the molecule is [C-]#[N+]CCOP(OC1[C@@H](/C=C/P(=O)(OCOC(=O)C(C)(C)C)OCOC(=O)C(C)(C)C)C[C@@H](n2ccc(=O)[nH]c2=O)[C@H]1OC)N(C(C)C)C(C)C. The summed E-state index contributed by atoms with van der Waals surface area (Å²) in [7, 11) is -4.61. The predicted octanol–water partition coefficient (Wildman–Crippen LogP) is 5.61. The number of nitrogens with zero attached hydrogens (tertiary/aromatic N) is 3.